The molecule has 4 heteroatoms. The van der Waals surface area contributed by atoms with E-state index >= 15 is 0 Å². The highest BCUT2D eigenvalue weighted by Gasteiger charge is 2.22. The van der Waals surface area contributed by atoms with Crippen molar-refractivity contribution in [2.75, 3.05) is 0 Å². The van der Waals surface area contributed by atoms with Crippen LogP contribution in [0.15, 0.2) is 65.3 Å². The number of hydrogen-bond donors (Lipinski definition) is 0. The first-order valence-corrected chi connectivity index (χ1v) is 7.02. The lowest BCUT2D eigenvalue weighted by Crippen LogP contribution is -2.05. The molecule has 2 aromatic rings. The monoisotopic (exact) mass is 295 g/mol. The second-order valence-electron chi connectivity index (χ2n) is 4.97. The van der Waals surface area contributed by atoms with Gasteiger partial charge in [0.2, 0.25) is 0 Å². The normalized spacial score (nSPS) is 15.8. The maximum absolute atomic E-state index is 13.1. The number of halogens is 1. The Labute approximate surface area is 127 Å². The van der Waals surface area contributed by atoms with Crippen molar-refractivity contribution in [2.24, 2.45) is 4.99 Å². The second-order valence-corrected chi connectivity index (χ2v) is 4.97. The van der Waals surface area contributed by atoms with Gasteiger partial charge in [-0.1, -0.05) is 42.5 Å². The second kappa shape index (κ2) is 6.35. The molecule has 0 unspecified atom stereocenters. The van der Waals surface area contributed by atoms with Crippen molar-refractivity contribution in [3.63, 3.8) is 0 Å². The largest absolute Gasteiger partial charge is 0.407 e. The lowest BCUT2D eigenvalue weighted by Gasteiger charge is -2.00. The van der Waals surface area contributed by atoms with Crippen LogP contribution in [-0.4, -0.2) is 11.9 Å². The van der Waals surface area contributed by atoms with E-state index in [2.05, 4.69) is 4.99 Å². The first-order chi connectivity index (χ1) is 10.7. The zero-order valence-corrected chi connectivity index (χ0v) is 11.8. The fraction of sp³-hybridized carbons (Fsp3) is 0.111. The standard InChI is InChI=1S/C18H14FNO2/c19-15-8-4-7-14(11-15)9-10-17-20-16(18(21)22-17)12-13-5-2-1-3-6-13/h1-8,11-12H,9-10H2/b16-12+. The van der Waals surface area contributed by atoms with E-state index in [4.69, 9.17) is 4.74 Å². The number of rotatable bonds is 4. The van der Waals surface area contributed by atoms with E-state index < -0.39 is 5.97 Å². The molecule has 1 aliphatic heterocycles. The van der Waals surface area contributed by atoms with Crippen LogP contribution in [0.25, 0.3) is 6.08 Å². The van der Waals surface area contributed by atoms with Gasteiger partial charge in [-0.05, 0) is 35.8 Å². The number of aliphatic imine (C=N–C) groups is 1. The summed E-state index contributed by atoms with van der Waals surface area (Å²) in [5.41, 5.74) is 2.03. The summed E-state index contributed by atoms with van der Waals surface area (Å²) in [6, 6.07) is 15.8. The van der Waals surface area contributed by atoms with E-state index in [-0.39, 0.29) is 5.82 Å². The first-order valence-electron chi connectivity index (χ1n) is 7.02. The number of carbonyl (C=O) groups is 1. The molecule has 110 valence electrons. The smallest absolute Gasteiger partial charge is 0.363 e. The fourth-order valence-electron chi connectivity index (χ4n) is 2.21. The Kier molecular flexibility index (Phi) is 4.10. The summed E-state index contributed by atoms with van der Waals surface area (Å²) >= 11 is 0. The number of hydrogen-bond acceptors (Lipinski definition) is 3. The van der Waals surface area contributed by atoms with Crippen LogP contribution in [0.4, 0.5) is 4.39 Å². The van der Waals surface area contributed by atoms with Gasteiger partial charge in [-0.25, -0.2) is 14.2 Å². The Hall–Kier alpha value is -2.75. The summed E-state index contributed by atoms with van der Waals surface area (Å²) in [6.45, 7) is 0. The average molecular weight is 295 g/mol. The Bertz CT molecular complexity index is 751. The minimum Gasteiger partial charge on any atom is -0.407 e. The fourth-order valence-corrected chi connectivity index (χ4v) is 2.21. The molecule has 0 atom stereocenters. The SMILES string of the molecule is O=C1OC(CCc2cccc(F)c2)=N/C1=C/c1ccccc1. The molecule has 0 saturated heterocycles. The van der Waals surface area contributed by atoms with Gasteiger partial charge in [-0.3, -0.25) is 0 Å². The van der Waals surface area contributed by atoms with Gasteiger partial charge in [0, 0.05) is 6.42 Å². The molecule has 0 bridgehead atoms. The average Bonchev–Trinajstić information content (AvgIpc) is 2.87. The number of esters is 1. The van der Waals surface area contributed by atoms with Crippen LogP contribution < -0.4 is 0 Å². The predicted octanol–water partition coefficient (Wildman–Crippen LogP) is 3.75. The van der Waals surface area contributed by atoms with Gasteiger partial charge in [0.1, 0.15) is 5.82 Å². The minimum atomic E-state index is -0.446. The van der Waals surface area contributed by atoms with Crippen LogP contribution in [0.3, 0.4) is 0 Å². The molecule has 0 amide bonds. The number of benzene rings is 2. The summed E-state index contributed by atoms with van der Waals surface area (Å²) < 4.78 is 18.3. The van der Waals surface area contributed by atoms with Gasteiger partial charge in [-0.2, -0.15) is 0 Å². The molecule has 0 spiro atoms. The highest BCUT2D eigenvalue weighted by Crippen LogP contribution is 2.18. The van der Waals surface area contributed by atoms with Crippen molar-refractivity contribution in [1.82, 2.24) is 0 Å². The molecule has 3 nitrogen and oxygen atoms in total. The highest BCUT2D eigenvalue weighted by atomic mass is 19.1. The van der Waals surface area contributed by atoms with E-state index in [1.165, 1.54) is 12.1 Å². The van der Waals surface area contributed by atoms with E-state index in [1.54, 1.807) is 12.1 Å². The van der Waals surface area contributed by atoms with Crippen molar-refractivity contribution in [3.05, 3.63) is 77.2 Å². The van der Waals surface area contributed by atoms with Crippen LogP contribution in [-0.2, 0) is 16.0 Å². The summed E-state index contributed by atoms with van der Waals surface area (Å²) in [7, 11) is 0. The molecule has 0 fully saturated rings. The molecule has 0 radical (unpaired) electrons. The molecule has 1 heterocycles. The molecule has 1 aliphatic rings. The molecule has 2 aromatic carbocycles. The van der Waals surface area contributed by atoms with E-state index in [1.807, 2.05) is 36.4 Å². The van der Waals surface area contributed by atoms with Crippen molar-refractivity contribution in [2.45, 2.75) is 12.8 Å². The van der Waals surface area contributed by atoms with Crippen molar-refractivity contribution in [3.8, 4) is 0 Å². The van der Waals surface area contributed by atoms with E-state index in [9.17, 15) is 9.18 Å². The maximum atomic E-state index is 13.1. The molecule has 0 saturated carbocycles. The summed E-state index contributed by atoms with van der Waals surface area (Å²) in [5.74, 6) is -0.345. The molecule has 22 heavy (non-hydrogen) atoms. The lowest BCUT2D eigenvalue weighted by atomic mass is 10.1. The van der Waals surface area contributed by atoms with Gasteiger partial charge in [-0.15, -0.1) is 0 Å². The van der Waals surface area contributed by atoms with Gasteiger partial charge < -0.3 is 4.74 Å². The molecule has 0 N–H and O–H groups in total. The third-order valence-corrected chi connectivity index (χ3v) is 3.28. The molecule has 0 aliphatic carbocycles. The predicted molar refractivity (Wildman–Crippen MR) is 82.7 cm³/mol. The molecular formula is C18H14FNO2. The maximum Gasteiger partial charge on any atom is 0.363 e. The molecule has 3 rings (SSSR count). The quantitative estimate of drug-likeness (QED) is 0.636. The number of ether oxygens (including phenoxy) is 1. The number of carbonyl (C=O) groups excluding carboxylic acids is 1. The number of nitrogens with zero attached hydrogens (tertiary/aromatic N) is 1. The third-order valence-electron chi connectivity index (χ3n) is 3.28. The Balaban J connectivity index is 1.69. The topological polar surface area (TPSA) is 38.7 Å². The van der Waals surface area contributed by atoms with E-state index in [0.717, 1.165) is 11.1 Å². The van der Waals surface area contributed by atoms with Gasteiger partial charge in [0.05, 0.1) is 0 Å². The van der Waals surface area contributed by atoms with E-state index in [0.29, 0.717) is 24.4 Å². The minimum absolute atomic E-state index is 0.271. The zero-order chi connectivity index (χ0) is 15.4. The van der Waals surface area contributed by atoms with Crippen LogP contribution in [0.5, 0.6) is 0 Å². The van der Waals surface area contributed by atoms with Gasteiger partial charge in [0.15, 0.2) is 11.6 Å². The summed E-state index contributed by atoms with van der Waals surface area (Å²) in [4.78, 5) is 16.0. The van der Waals surface area contributed by atoms with Gasteiger partial charge >= 0.3 is 5.97 Å². The van der Waals surface area contributed by atoms with Crippen molar-refractivity contribution in [1.29, 1.82) is 0 Å². The number of aryl methyl sites for hydroxylation is 1. The molecular weight excluding hydrogens is 281 g/mol. The highest BCUT2D eigenvalue weighted by molar-refractivity contribution is 6.07. The van der Waals surface area contributed by atoms with Crippen molar-refractivity contribution >= 4 is 17.9 Å². The third kappa shape index (κ3) is 3.47. The van der Waals surface area contributed by atoms with Gasteiger partial charge in [0.25, 0.3) is 0 Å². The number of cyclic esters (lactones) is 1. The lowest BCUT2D eigenvalue weighted by molar-refractivity contribution is -0.130. The Morgan fingerprint density at radius 1 is 1.05 bits per heavy atom. The summed E-state index contributed by atoms with van der Waals surface area (Å²) in [6.07, 6.45) is 2.72. The van der Waals surface area contributed by atoms with Crippen LogP contribution in [0.2, 0.25) is 0 Å². The van der Waals surface area contributed by atoms with Crippen LogP contribution >= 0.6 is 0 Å². The van der Waals surface area contributed by atoms with Crippen molar-refractivity contribution < 1.29 is 13.9 Å². The summed E-state index contributed by atoms with van der Waals surface area (Å²) in [5, 5.41) is 0. The molecule has 0 aromatic heterocycles. The van der Waals surface area contributed by atoms with Crippen LogP contribution in [0, 0.1) is 5.82 Å². The Morgan fingerprint density at radius 3 is 2.64 bits per heavy atom. The Morgan fingerprint density at radius 2 is 1.86 bits per heavy atom. The first kappa shape index (κ1) is 14.2. The zero-order valence-electron chi connectivity index (χ0n) is 11.8. The van der Waals surface area contributed by atoms with Crippen LogP contribution in [0.1, 0.15) is 17.5 Å².